The van der Waals surface area contributed by atoms with Crippen LogP contribution in [0.1, 0.15) is 0 Å². The highest BCUT2D eigenvalue weighted by molar-refractivity contribution is 6.10. The Kier molecular flexibility index (Phi) is 7.82. The molecule has 0 saturated heterocycles. The highest BCUT2D eigenvalue weighted by atomic mass is 15.1. The third-order valence-corrected chi connectivity index (χ3v) is 11.3. The highest BCUT2D eigenvalue weighted by Crippen LogP contribution is 2.42. The number of aromatic nitrogens is 2. The number of H-pyrrole nitrogens is 1. The number of para-hydroxylation sites is 3. The van der Waals surface area contributed by atoms with Crippen molar-refractivity contribution in [3.8, 4) is 39.1 Å². The molecule has 2 aromatic heterocycles. The molecule has 0 amide bonds. The van der Waals surface area contributed by atoms with Gasteiger partial charge in [-0.3, -0.25) is 0 Å². The van der Waals surface area contributed by atoms with Crippen LogP contribution in [0.2, 0.25) is 0 Å². The molecule has 0 atom stereocenters. The van der Waals surface area contributed by atoms with E-state index < -0.39 is 0 Å². The first-order valence-electron chi connectivity index (χ1n) is 19.5. The van der Waals surface area contributed by atoms with Gasteiger partial charge in [0.2, 0.25) is 0 Å². The molecule has 0 saturated carbocycles. The van der Waals surface area contributed by atoms with Gasteiger partial charge in [0.05, 0.1) is 11.0 Å². The predicted octanol–water partition coefficient (Wildman–Crippen LogP) is 14.9. The highest BCUT2D eigenvalue weighted by Gasteiger charge is 2.18. The number of nitrogens with zero attached hydrogens (tertiary/aromatic N) is 2. The Morgan fingerprint density at radius 1 is 0.298 bits per heavy atom. The van der Waals surface area contributed by atoms with Gasteiger partial charge in [-0.15, -0.1) is 0 Å². The van der Waals surface area contributed by atoms with Crippen molar-refractivity contribution in [1.82, 2.24) is 9.55 Å². The molecule has 57 heavy (non-hydrogen) atoms. The first-order valence-corrected chi connectivity index (χ1v) is 19.5. The zero-order valence-corrected chi connectivity index (χ0v) is 31.2. The minimum Gasteiger partial charge on any atom is -0.355 e. The monoisotopic (exact) mass is 727 g/mol. The molecule has 268 valence electrons. The van der Waals surface area contributed by atoms with Crippen LogP contribution in [0.4, 0.5) is 17.1 Å². The van der Waals surface area contributed by atoms with Crippen molar-refractivity contribution in [2.24, 2.45) is 0 Å². The summed E-state index contributed by atoms with van der Waals surface area (Å²) in [5.74, 6) is 0. The van der Waals surface area contributed by atoms with Gasteiger partial charge in [-0.05, 0) is 112 Å². The normalized spacial score (nSPS) is 11.5. The van der Waals surface area contributed by atoms with Gasteiger partial charge < -0.3 is 14.5 Å². The van der Waals surface area contributed by atoms with E-state index in [2.05, 4.69) is 233 Å². The third-order valence-electron chi connectivity index (χ3n) is 11.3. The van der Waals surface area contributed by atoms with Gasteiger partial charge in [0.25, 0.3) is 0 Å². The van der Waals surface area contributed by atoms with Crippen LogP contribution < -0.4 is 4.90 Å². The van der Waals surface area contributed by atoms with Crippen molar-refractivity contribution in [3.63, 3.8) is 0 Å². The summed E-state index contributed by atoms with van der Waals surface area (Å²) in [4.78, 5) is 6.02. The molecule has 0 spiro atoms. The minimum atomic E-state index is 1.09. The summed E-state index contributed by atoms with van der Waals surface area (Å²) in [5, 5.41) is 4.96. The summed E-state index contributed by atoms with van der Waals surface area (Å²) in [5.41, 5.74) is 16.2. The van der Waals surface area contributed by atoms with Crippen LogP contribution in [0.5, 0.6) is 0 Å². The van der Waals surface area contributed by atoms with E-state index in [1.54, 1.807) is 0 Å². The molecule has 9 aromatic carbocycles. The van der Waals surface area contributed by atoms with Gasteiger partial charge in [-0.25, -0.2) is 0 Å². The van der Waals surface area contributed by atoms with Gasteiger partial charge in [0.1, 0.15) is 0 Å². The second-order valence-corrected chi connectivity index (χ2v) is 14.7. The van der Waals surface area contributed by atoms with Gasteiger partial charge in [0.15, 0.2) is 0 Å². The molecule has 0 unspecified atom stereocenters. The second kappa shape index (κ2) is 13.6. The zero-order chi connectivity index (χ0) is 37.7. The maximum absolute atomic E-state index is 3.62. The van der Waals surface area contributed by atoms with E-state index in [0.717, 1.165) is 33.8 Å². The molecule has 0 aliphatic heterocycles. The topological polar surface area (TPSA) is 24.0 Å². The maximum Gasteiger partial charge on any atom is 0.0541 e. The summed E-state index contributed by atoms with van der Waals surface area (Å²) in [7, 11) is 0. The Labute approximate surface area is 331 Å². The standard InChI is InChI=1S/C54H37N3/c1-3-13-37(14-4-1)41-33-42(38-15-5-2-6-16-38)35-46(34-41)56(45-31-32-52-50(36-45)47-17-7-10-20-51(47)55-52)43-27-23-39(24-28-43)40-25-29-44(30-26-40)57-53-21-11-8-18-48(53)49-19-9-12-22-54(49)57/h1-36,55H. The first kappa shape index (κ1) is 32.8. The third kappa shape index (κ3) is 5.76. The Morgan fingerprint density at radius 2 is 0.772 bits per heavy atom. The Balaban J connectivity index is 1.03. The number of aromatic amines is 1. The lowest BCUT2D eigenvalue weighted by molar-refractivity contribution is 1.18. The summed E-state index contributed by atoms with van der Waals surface area (Å²) in [6.45, 7) is 0. The van der Waals surface area contributed by atoms with Gasteiger partial charge in [0, 0.05) is 55.3 Å². The van der Waals surface area contributed by atoms with Gasteiger partial charge in [-0.1, -0.05) is 140 Å². The van der Waals surface area contributed by atoms with E-state index in [-0.39, 0.29) is 0 Å². The van der Waals surface area contributed by atoms with Crippen LogP contribution in [0, 0.1) is 0 Å². The smallest absolute Gasteiger partial charge is 0.0541 e. The fraction of sp³-hybridized carbons (Fsp3) is 0. The minimum absolute atomic E-state index is 1.09. The van der Waals surface area contributed by atoms with Crippen molar-refractivity contribution < 1.29 is 0 Å². The molecule has 2 heterocycles. The van der Waals surface area contributed by atoms with E-state index in [4.69, 9.17) is 0 Å². The summed E-state index contributed by atoms with van der Waals surface area (Å²) in [6, 6.07) is 79.0. The molecule has 1 N–H and O–H groups in total. The molecular weight excluding hydrogens is 691 g/mol. The van der Waals surface area contributed by atoms with Crippen LogP contribution in [-0.4, -0.2) is 9.55 Å². The Hall–Kier alpha value is -7.62. The van der Waals surface area contributed by atoms with Crippen molar-refractivity contribution in [1.29, 1.82) is 0 Å². The number of anilines is 3. The summed E-state index contributed by atoms with van der Waals surface area (Å²) >= 11 is 0. The molecule has 0 radical (unpaired) electrons. The van der Waals surface area contributed by atoms with E-state index in [1.165, 1.54) is 66.0 Å². The predicted molar refractivity (Wildman–Crippen MR) is 241 cm³/mol. The fourth-order valence-electron chi connectivity index (χ4n) is 8.56. The first-order chi connectivity index (χ1) is 28.2. The SMILES string of the molecule is c1ccc(-c2cc(-c3ccccc3)cc(N(c3ccc(-c4ccc(-n5c6ccccc6c6ccccc65)cc4)cc3)c3ccc4[nH]c5ccccc5c4c3)c2)cc1. The molecule has 0 aliphatic rings. The lowest BCUT2D eigenvalue weighted by atomic mass is 9.97. The molecule has 3 nitrogen and oxygen atoms in total. The van der Waals surface area contributed by atoms with Crippen molar-refractivity contribution in [3.05, 3.63) is 218 Å². The van der Waals surface area contributed by atoms with Gasteiger partial charge in [-0.2, -0.15) is 0 Å². The van der Waals surface area contributed by atoms with E-state index in [0.29, 0.717) is 0 Å². The van der Waals surface area contributed by atoms with Crippen molar-refractivity contribution in [2.45, 2.75) is 0 Å². The van der Waals surface area contributed by atoms with Crippen molar-refractivity contribution >= 4 is 60.7 Å². The van der Waals surface area contributed by atoms with Crippen LogP contribution in [0.3, 0.4) is 0 Å². The zero-order valence-electron chi connectivity index (χ0n) is 31.2. The Morgan fingerprint density at radius 3 is 1.39 bits per heavy atom. The molecule has 0 fully saturated rings. The van der Waals surface area contributed by atoms with Crippen LogP contribution >= 0.6 is 0 Å². The lowest BCUT2D eigenvalue weighted by Gasteiger charge is -2.27. The van der Waals surface area contributed by atoms with Crippen molar-refractivity contribution in [2.75, 3.05) is 4.90 Å². The number of fused-ring (bicyclic) bond motifs is 6. The van der Waals surface area contributed by atoms with E-state index in [1.807, 2.05) is 0 Å². The Bertz CT molecular complexity index is 3100. The number of nitrogens with one attached hydrogen (secondary N) is 1. The van der Waals surface area contributed by atoms with E-state index >= 15 is 0 Å². The molecule has 11 aromatic rings. The molecule has 0 bridgehead atoms. The van der Waals surface area contributed by atoms with E-state index in [9.17, 15) is 0 Å². The lowest BCUT2D eigenvalue weighted by Crippen LogP contribution is -2.10. The molecule has 3 heteroatoms. The summed E-state index contributed by atoms with van der Waals surface area (Å²) in [6.07, 6.45) is 0. The second-order valence-electron chi connectivity index (χ2n) is 14.7. The quantitative estimate of drug-likeness (QED) is 0.174. The molecular formula is C54H37N3. The largest absolute Gasteiger partial charge is 0.355 e. The number of benzene rings is 9. The average molecular weight is 728 g/mol. The van der Waals surface area contributed by atoms with Gasteiger partial charge >= 0.3 is 0 Å². The number of rotatable bonds is 7. The average Bonchev–Trinajstić information content (AvgIpc) is 3.83. The maximum atomic E-state index is 3.62. The molecule has 11 rings (SSSR count). The van der Waals surface area contributed by atoms with Crippen LogP contribution in [-0.2, 0) is 0 Å². The summed E-state index contributed by atoms with van der Waals surface area (Å²) < 4.78 is 2.37. The molecule has 0 aliphatic carbocycles. The number of hydrogen-bond donors (Lipinski definition) is 1. The number of hydrogen-bond acceptors (Lipinski definition) is 1. The fourth-order valence-corrected chi connectivity index (χ4v) is 8.56. The van der Waals surface area contributed by atoms with Crippen LogP contribution in [0.25, 0.3) is 82.7 Å². The van der Waals surface area contributed by atoms with Crippen LogP contribution in [0.15, 0.2) is 218 Å².